The second-order valence-electron chi connectivity index (χ2n) is 3.10. The second kappa shape index (κ2) is 3.91. The number of nitro groups is 1. The molecular weight excluding hydrogens is 186 g/mol. The molecule has 0 aromatic carbocycles. The van der Waals surface area contributed by atoms with Crippen LogP contribution < -0.4 is 9.63 Å². The SMILES string of the molecule is CN(C)c1cc(C[N+](=O)[O-])cc[n+]1[O-]. The van der Waals surface area contributed by atoms with Crippen molar-refractivity contribution in [2.75, 3.05) is 19.0 Å². The van der Waals surface area contributed by atoms with Crippen molar-refractivity contribution in [3.05, 3.63) is 39.2 Å². The van der Waals surface area contributed by atoms with Crippen molar-refractivity contribution in [2.24, 2.45) is 0 Å². The maximum absolute atomic E-state index is 11.2. The molecule has 0 aliphatic rings. The molecule has 6 nitrogen and oxygen atoms in total. The lowest BCUT2D eigenvalue weighted by Gasteiger charge is -2.12. The number of rotatable bonds is 3. The molecule has 0 radical (unpaired) electrons. The summed E-state index contributed by atoms with van der Waals surface area (Å²) in [6, 6.07) is 2.96. The van der Waals surface area contributed by atoms with Crippen LogP contribution in [0.3, 0.4) is 0 Å². The minimum absolute atomic E-state index is 0.262. The van der Waals surface area contributed by atoms with E-state index in [1.807, 2.05) is 0 Å². The molecule has 0 aliphatic heterocycles. The fourth-order valence-corrected chi connectivity index (χ4v) is 1.09. The normalized spacial score (nSPS) is 9.86. The van der Waals surface area contributed by atoms with E-state index < -0.39 is 4.92 Å². The Balaban J connectivity index is 3.00. The predicted molar refractivity (Wildman–Crippen MR) is 50.4 cm³/mol. The first-order valence-corrected chi connectivity index (χ1v) is 4.02. The van der Waals surface area contributed by atoms with Crippen LogP contribution in [-0.2, 0) is 6.54 Å². The van der Waals surface area contributed by atoms with Gasteiger partial charge in [-0.1, -0.05) is 0 Å². The molecule has 0 spiro atoms. The van der Waals surface area contributed by atoms with Gasteiger partial charge in [-0.3, -0.25) is 15.0 Å². The van der Waals surface area contributed by atoms with E-state index >= 15 is 0 Å². The molecule has 0 saturated carbocycles. The molecule has 1 heterocycles. The zero-order valence-electron chi connectivity index (χ0n) is 8.01. The van der Waals surface area contributed by atoms with E-state index in [2.05, 4.69) is 0 Å². The Bertz CT molecular complexity index is 352. The first-order valence-electron chi connectivity index (χ1n) is 4.02. The first-order chi connectivity index (χ1) is 6.50. The monoisotopic (exact) mass is 197 g/mol. The van der Waals surface area contributed by atoms with Gasteiger partial charge in [-0.25, -0.2) is 4.73 Å². The molecule has 0 unspecified atom stereocenters. The van der Waals surface area contributed by atoms with Crippen molar-refractivity contribution in [1.29, 1.82) is 0 Å². The fourth-order valence-electron chi connectivity index (χ4n) is 1.09. The quantitative estimate of drug-likeness (QED) is 0.299. The maximum atomic E-state index is 11.2. The molecule has 0 saturated heterocycles. The summed E-state index contributed by atoms with van der Waals surface area (Å²) >= 11 is 0. The van der Waals surface area contributed by atoms with Crippen LogP contribution in [0, 0.1) is 15.3 Å². The smallest absolute Gasteiger partial charge is 0.279 e. The molecule has 0 N–H and O–H groups in total. The molecule has 0 aliphatic carbocycles. The highest BCUT2D eigenvalue weighted by Crippen LogP contribution is 2.08. The summed E-state index contributed by atoms with van der Waals surface area (Å²) in [5, 5.41) is 21.4. The van der Waals surface area contributed by atoms with Gasteiger partial charge in [0.05, 0.1) is 20.3 Å². The molecule has 0 amide bonds. The van der Waals surface area contributed by atoms with Crippen LogP contribution in [0.1, 0.15) is 5.56 Å². The van der Waals surface area contributed by atoms with Crippen LogP contribution >= 0.6 is 0 Å². The molecule has 1 aromatic heterocycles. The van der Waals surface area contributed by atoms with Gasteiger partial charge in [0, 0.05) is 16.6 Å². The van der Waals surface area contributed by atoms with Crippen LogP contribution in [0.25, 0.3) is 0 Å². The van der Waals surface area contributed by atoms with Crippen molar-refractivity contribution in [1.82, 2.24) is 0 Å². The summed E-state index contributed by atoms with van der Waals surface area (Å²) in [7, 11) is 3.42. The second-order valence-corrected chi connectivity index (χ2v) is 3.10. The average molecular weight is 197 g/mol. The van der Waals surface area contributed by atoms with Crippen LogP contribution in [-0.4, -0.2) is 19.0 Å². The van der Waals surface area contributed by atoms with Crippen LogP contribution in [0.5, 0.6) is 0 Å². The van der Waals surface area contributed by atoms with E-state index in [4.69, 9.17) is 0 Å². The van der Waals surface area contributed by atoms with Gasteiger partial charge in [0.1, 0.15) is 0 Å². The van der Waals surface area contributed by atoms with Crippen LogP contribution in [0.4, 0.5) is 5.82 Å². The van der Waals surface area contributed by atoms with Gasteiger partial charge in [0.25, 0.3) is 5.82 Å². The molecule has 76 valence electrons. The van der Waals surface area contributed by atoms with Gasteiger partial charge in [-0.2, -0.15) is 0 Å². The lowest BCUT2D eigenvalue weighted by Crippen LogP contribution is -2.34. The Morgan fingerprint density at radius 3 is 2.71 bits per heavy atom. The first kappa shape index (κ1) is 10.2. The molecule has 0 bridgehead atoms. The Kier molecular flexibility index (Phi) is 2.85. The van der Waals surface area contributed by atoms with E-state index in [0.717, 1.165) is 0 Å². The lowest BCUT2D eigenvalue weighted by atomic mass is 10.2. The van der Waals surface area contributed by atoms with E-state index in [-0.39, 0.29) is 6.54 Å². The van der Waals surface area contributed by atoms with Crippen LogP contribution in [0.2, 0.25) is 0 Å². The van der Waals surface area contributed by atoms with E-state index in [9.17, 15) is 15.3 Å². The fraction of sp³-hybridized carbons (Fsp3) is 0.375. The molecule has 14 heavy (non-hydrogen) atoms. The lowest BCUT2D eigenvalue weighted by molar-refractivity contribution is -0.592. The minimum atomic E-state index is -0.427. The molecule has 0 atom stereocenters. The van der Waals surface area contributed by atoms with Crippen molar-refractivity contribution >= 4 is 5.82 Å². The van der Waals surface area contributed by atoms with Gasteiger partial charge in [0.15, 0.2) is 0 Å². The van der Waals surface area contributed by atoms with Gasteiger partial charge < -0.3 is 5.21 Å². The van der Waals surface area contributed by atoms with Crippen molar-refractivity contribution in [3.63, 3.8) is 0 Å². The predicted octanol–water partition coefficient (Wildman–Crippen LogP) is 0.163. The van der Waals surface area contributed by atoms with Crippen molar-refractivity contribution in [3.8, 4) is 0 Å². The molecule has 0 fully saturated rings. The number of anilines is 1. The van der Waals surface area contributed by atoms with Gasteiger partial charge in [-0.05, 0) is 6.07 Å². The zero-order chi connectivity index (χ0) is 10.7. The highest BCUT2D eigenvalue weighted by atomic mass is 16.6. The highest BCUT2D eigenvalue weighted by molar-refractivity contribution is 5.33. The highest BCUT2D eigenvalue weighted by Gasteiger charge is 2.10. The molecule has 6 heteroatoms. The molecule has 1 aromatic rings. The van der Waals surface area contributed by atoms with E-state index in [1.165, 1.54) is 18.3 Å². The number of hydrogen-bond acceptors (Lipinski definition) is 4. The van der Waals surface area contributed by atoms with E-state index in [1.54, 1.807) is 19.0 Å². The summed E-state index contributed by atoms with van der Waals surface area (Å²) in [6.07, 6.45) is 1.27. The Morgan fingerprint density at radius 2 is 2.21 bits per heavy atom. The Morgan fingerprint density at radius 1 is 1.57 bits per heavy atom. The number of hydrogen-bond donors (Lipinski definition) is 0. The summed E-state index contributed by atoms with van der Waals surface area (Å²) < 4.78 is 0.670. The topological polar surface area (TPSA) is 73.3 Å². The number of nitrogens with zero attached hydrogens (tertiary/aromatic N) is 3. The standard InChI is InChI=1S/C8H11N3O3/c1-9(2)8-5-7(6-11(13)14)3-4-10(8)12/h3-5H,6H2,1-2H3. The average Bonchev–Trinajstić information content (AvgIpc) is 2.07. The third kappa shape index (κ3) is 2.32. The largest absolute Gasteiger partial charge is 0.711 e. The Hall–Kier alpha value is -1.85. The van der Waals surface area contributed by atoms with Gasteiger partial charge in [-0.15, -0.1) is 0 Å². The maximum Gasteiger partial charge on any atom is 0.279 e. The zero-order valence-corrected chi connectivity index (χ0v) is 8.01. The third-order valence-electron chi connectivity index (χ3n) is 1.73. The summed E-state index contributed by atoms with van der Waals surface area (Å²) in [5.74, 6) is 0.393. The molecule has 1 rings (SSSR count). The van der Waals surface area contributed by atoms with Gasteiger partial charge >= 0.3 is 0 Å². The Labute approximate surface area is 81.1 Å². The number of pyridine rings is 1. The van der Waals surface area contributed by atoms with Crippen molar-refractivity contribution < 1.29 is 9.65 Å². The van der Waals surface area contributed by atoms with E-state index in [0.29, 0.717) is 16.1 Å². The number of aromatic nitrogens is 1. The molecular formula is C8H11N3O3. The van der Waals surface area contributed by atoms with Crippen molar-refractivity contribution in [2.45, 2.75) is 6.54 Å². The summed E-state index contributed by atoms with van der Waals surface area (Å²) in [6.45, 7) is -0.262. The van der Waals surface area contributed by atoms with Gasteiger partial charge in [0.2, 0.25) is 6.54 Å². The summed E-state index contributed by atoms with van der Waals surface area (Å²) in [4.78, 5) is 11.4. The third-order valence-corrected chi connectivity index (χ3v) is 1.73. The minimum Gasteiger partial charge on any atom is -0.711 e. The van der Waals surface area contributed by atoms with Crippen LogP contribution in [0.15, 0.2) is 18.3 Å². The summed E-state index contributed by atoms with van der Waals surface area (Å²) in [5.41, 5.74) is 0.519.